The first-order valence-electron chi connectivity index (χ1n) is 9.61. The van der Waals surface area contributed by atoms with Crippen LogP contribution in [0, 0.1) is 22.5 Å². The maximum absolute atomic E-state index is 13.1. The van der Waals surface area contributed by atoms with Gasteiger partial charge in [-0.15, -0.1) is 0 Å². The van der Waals surface area contributed by atoms with Crippen molar-refractivity contribution in [2.45, 2.75) is 31.2 Å². The van der Waals surface area contributed by atoms with Crippen molar-refractivity contribution >= 4 is 26.6 Å². The lowest BCUT2D eigenvalue weighted by molar-refractivity contribution is -0.384. The van der Waals surface area contributed by atoms with Crippen LogP contribution in [0.5, 0.6) is 0 Å². The summed E-state index contributed by atoms with van der Waals surface area (Å²) in [5.41, 5.74) is 3.11. The Hall–Kier alpha value is -2.71. The van der Waals surface area contributed by atoms with Gasteiger partial charge in [0, 0.05) is 53.8 Å². The largest absolute Gasteiger partial charge is 0.344 e. The highest BCUT2D eigenvalue weighted by molar-refractivity contribution is 7.89. The molecule has 2 aliphatic rings. The first-order valence-corrected chi connectivity index (χ1v) is 11.0. The molecule has 1 aromatic heterocycles. The van der Waals surface area contributed by atoms with Gasteiger partial charge < -0.3 is 4.57 Å². The van der Waals surface area contributed by atoms with Crippen molar-refractivity contribution in [3.05, 3.63) is 69.9 Å². The first kappa shape index (κ1) is 18.3. The molecule has 29 heavy (non-hydrogen) atoms. The molecule has 0 amide bonds. The predicted molar refractivity (Wildman–Crippen MR) is 109 cm³/mol. The van der Waals surface area contributed by atoms with Crippen molar-refractivity contribution < 1.29 is 13.3 Å². The van der Waals surface area contributed by atoms with Crippen LogP contribution in [0.4, 0.5) is 5.69 Å². The topological polar surface area (TPSA) is 85.4 Å². The van der Waals surface area contributed by atoms with Crippen LogP contribution in [-0.4, -0.2) is 35.3 Å². The third-order valence-electron chi connectivity index (χ3n) is 6.29. The maximum Gasteiger partial charge on any atom is 0.270 e. The summed E-state index contributed by atoms with van der Waals surface area (Å²) in [7, 11) is -3.50. The maximum atomic E-state index is 13.1. The number of hydrogen-bond acceptors (Lipinski definition) is 4. The second kappa shape index (κ2) is 6.14. The van der Waals surface area contributed by atoms with Gasteiger partial charge >= 0.3 is 0 Å². The van der Waals surface area contributed by atoms with E-state index < -0.39 is 10.0 Å². The van der Waals surface area contributed by atoms with Gasteiger partial charge in [0.1, 0.15) is 0 Å². The van der Waals surface area contributed by atoms with Crippen molar-refractivity contribution in [1.29, 1.82) is 0 Å². The van der Waals surface area contributed by atoms with E-state index in [0.717, 1.165) is 41.5 Å². The summed E-state index contributed by atoms with van der Waals surface area (Å²) < 4.78 is 29.9. The van der Waals surface area contributed by atoms with Gasteiger partial charge in [-0.3, -0.25) is 10.1 Å². The Morgan fingerprint density at radius 2 is 1.83 bits per heavy atom. The van der Waals surface area contributed by atoms with Gasteiger partial charge in [0.2, 0.25) is 10.0 Å². The number of nitro groups is 1. The Bertz CT molecular complexity index is 1250. The third kappa shape index (κ3) is 2.86. The monoisotopic (exact) mass is 411 g/mol. The van der Waals surface area contributed by atoms with Crippen LogP contribution in [0.15, 0.2) is 53.4 Å². The zero-order valence-electron chi connectivity index (χ0n) is 16.0. The minimum Gasteiger partial charge on any atom is -0.344 e. The lowest BCUT2D eigenvalue weighted by Crippen LogP contribution is -2.33. The number of non-ortho nitro benzene ring substituents is 1. The van der Waals surface area contributed by atoms with Gasteiger partial charge in [-0.2, -0.15) is 4.31 Å². The summed E-state index contributed by atoms with van der Waals surface area (Å²) in [6.07, 6.45) is 1.60. The number of aromatic nitrogens is 1. The molecule has 0 N–H and O–H groups in total. The molecular weight excluding hydrogens is 390 g/mol. The molecule has 1 spiro atoms. The number of benzene rings is 2. The molecular formula is C21H21N3O4S. The zero-order valence-corrected chi connectivity index (χ0v) is 16.9. The van der Waals surface area contributed by atoms with E-state index in [0.29, 0.717) is 18.0 Å². The fraction of sp³-hybridized carbons (Fsp3) is 0.333. The molecule has 0 radical (unpaired) electrons. The van der Waals surface area contributed by atoms with Crippen molar-refractivity contribution in [3.63, 3.8) is 0 Å². The fourth-order valence-electron chi connectivity index (χ4n) is 4.77. The van der Waals surface area contributed by atoms with Crippen molar-refractivity contribution in [3.8, 4) is 0 Å². The van der Waals surface area contributed by atoms with Gasteiger partial charge in [-0.1, -0.05) is 17.7 Å². The highest BCUT2D eigenvalue weighted by atomic mass is 32.2. The van der Waals surface area contributed by atoms with Crippen molar-refractivity contribution in [2.75, 3.05) is 13.1 Å². The number of hydrogen-bond donors (Lipinski definition) is 0. The summed E-state index contributed by atoms with van der Waals surface area (Å²) in [5.74, 6) is 0. The molecule has 7 nitrogen and oxygen atoms in total. The summed E-state index contributed by atoms with van der Waals surface area (Å²) in [5, 5.41) is 11.9. The van der Waals surface area contributed by atoms with E-state index in [4.69, 9.17) is 0 Å². The number of rotatable bonds is 3. The molecule has 3 aromatic rings. The van der Waals surface area contributed by atoms with Gasteiger partial charge in [-0.25, -0.2) is 8.42 Å². The molecule has 1 saturated heterocycles. The minimum absolute atomic E-state index is 0.0905. The molecule has 8 heteroatoms. The van der Waals surface area contributed by atoms with E-state index >= 15 is 0 Å². The summed E-state index contributed by atoms with van der Waals surface area (Å²) in [6.45, 7) is 3.69. The van der Waals surface area contributed by atoms with Gasteiger partial charge in [0.25, 0.3) is 5.69 Å². The van der Waals surface area contributed by atoms with Crippen LogP contribution in [0.25, 0.3) is 10.9 Å². The van der Waals surface area contributed by atoms with Crippen molar-refractivity contribution in [1.82, 2.24) is 8.87 Å². The Balaban J connectivity index is 1.41. The SMILES string of the molecule is Cc1ccc(S(=O)(=O)N2CCC3(Cc4cc5cc([N+](=O)[O-])ccc5n4C3)C2)cc1. The summed E-state index contributed by atoms with van der Waals surface area (Å²) in [4.78, 5) is 11.0. The quantitative estimate of drug-likeness (QED) is 0.488. The minimum atomic E-state index is -3.50. The van der Waals surface area contributed by atoms with Crippen LogP contribution in [0.3, 0.4) is 0 Å². The lowest BCUT2D eigenvalue weighted by atomic mass is 9.85. The molecule has 2 aliphatic heterocycles. The average Bonchev–Trinajstić information content (AvgIpc) is 3.35. The molecule has 150 valence electrons. The number of nitrogens with zero attached hydrogens (tertiary/aromatic N) is 3. The number of fused-ring (bicyclic) bond motifs is 3. The number of nitro benzene ring substituents is 1. The standard InChI is InChI=1S/C21H21N3O4S/c1-15-2-5-19(6-3-15)29(27,28)22-9-8-21(13-22)12-18-11-16-10-17(24(25)26)4-7-20(16)23(18)14-21/h2-7,10-11H,8-9,12-14H2,1H3. The highest BCUT2D eigenvalue weighted by Gasteiger charge is 2.47. The van der Waals surface area contributed by atoms with E-state index in [1.165, 1.54) is 6.07 Å². The Labute approximate surface area is 168 Å². The van der Waals surface area contributed by atoms with E-state index in [1.807, 2.05) is 25.1 Å². The van der Waals surface area contributed by atoms with Crippen LogP contribution >= 0.6 is 0 Å². The average molecular weight is 411 g/mol. The van der Waals surface area contributed by atoms with Crippen molar-refractivity contribution in [2.24, 2.45) is 5.41 Å². The van der Waals surface area contributed by atoms with Crippen LogP contribution in [-0.2, 0) is 23.0 Å². The van der Waals surface area contributed by atoms with E-state index in [2.05, 4.69) is 4.57 Å². The molecule has 5 rings (SSSR count). The Morgan fingerprint density at radius 1 is 1.07 bits per heavy atom. The molecule has 0 saturated carbocycles. The molecule has 3 heterocycles. The van der Waals surface area contributed by atoms with Crippen LogP contribution in [0.2, 0.25) is 0 Å². The normalized spacial score (nSPS) is 21.8. The molecule has 2 aromatic carbocycles. The van der Waals surface area contributed by atoms with Crippen LogP contribution < -0.4 is 0 Å². The van der Waals surface area contributed by atoms with Gasteiger partial charge in [0.05, 0.1) is 9.82 Å². The molecule has 1 fully saturated rings. The summed E-state index contributed by atoms with van der Waals surface area (Å²) in [6, 6.07) is 13.9. The van der Waals surface area contributed by atoms with E-state index in [-0.39, 0.29) is 16.0 Å². The van der Waals surface area contributed by atoms with Gasteiger partial charge in [-0.05, 0) is 44.0 Å². The molecule has 1 atom stereocenters. The fourth-order valence-corrected chi connectivity index (χ4v) is 6.32. The third-order valence-corrected chi connectivity index (χ3v) is 8.15. The smallest absolute Gasteiger partial charge is 0.270 e. The number of aryl methyl sites for hydroxylation is 1. The highest BCUT2D eigenvalue weighted by Crippen LogP contribution is 2.44. The Morgan fingerprint density at radius 3 is 2.55 bits per heavy atom. The number of sulfonamides is 1. The predicted octanol–water partition coefficient (Wildman–Crippen LogP) is 3.50. The summed E-state index contributed by atoms with van der Waals surface area (Å²) >= 11 is 0. The molecule has 0 bridgehead atoms. The second-order valence-corrected chi connectivity index (χ2v) is 10.2. The van der Waals surface area contributed by atoms with Gasteiger partial charge in [0.15, 0.2) is 0 Å². The van der Waals surface area contributed by atoms with Crippen LogP contribution in [0.1, 0.15) is 17.7 Å². The van der Waals surface area contributed by atoms with E-state index in [1.54, 1.807) is 28.6 Å². The van der Waals surface area contributed by atoms with E-state index in [9.17, 15) is 18.5 Å². The molecule has 1 unspecified atom stereocenters. The zero-order chi connectivity index (χ0) is 20.4. The molecule has 0 aliphatic carbocycles. The second-order valence-electron chi connectivity index (χ2n) is 8.30. The lowest BCUT2D eigenvalue weighted by Gasteiger charge is -2.23. The first-order chi connectivity index (χ1) is 13.8. The Kier molecular flexibility index (Phi) is 3.88.